The van der Waals surface area contributed by atoms with E-state index in [0.717, 1.165) is 63.7 Å². The molecule has 12 nitrogen and oxygen atoms in total. The Kier molecular flexibility index (Phi) is 16.1. The van der Waals surface area contributed by atoms with Gasteiger partial charge in [-0.1, -0.05) is 47.6 Å². The van der Waals surface area contributed by atoms with Crippen LogP contribution in [0.15, 0.2) is 42.5 Å². The molecule has 0 aliphatic heterocycles. The molecule has 0 saturated heterocycles. The molecule has 0 radical (unpaired) electrons. The fourth-order valence-corrected chi connectivity index (χ4v) is 9.15. The van der Waals surface area contributed by atoms with Crippen molar-refractivity contribution in [2.75, 3.05) is 61.5 Å². The van der Waals surface area contributed by atoms with E-state index in [0.29, 0.717) is 52.4 Å². The molecule has 12 heteroatoms. The minimum Gasteiger partial charge on any atom is -0.496 e. The highest BCUT2D eigenvalue weighted by Crippen LogP contribution is 2.50. The first-order valence-electron chi connectivity index (χ1n) is 20.9. The number of nitrogens with zero attached hydrogens (tertiary/aromatic N) is 4. The molecule has 1 aromatic heterocycles. The van der Waals surface area contributed by atoms with Gasteiger partial charge in [-0.3, -0.25) is 9.59 Å². The van der Waals surface area contributed by atoms with Gasteiger partial charge in [-0.05, 0) is 144 Å². The van der Waals surface area contributed by atoms with Crippen LogP contribution in [0, 0.1) is 23.7 Å². The fourth-order valence-electron chi connectivity index (χ4n) is 9.15. The summed E-state index contributed by atoms with van der Waals surface area (Å²) < 4.78 is 13.3. The quantitative estimate of drug-likeness (QED) is 0.120. The molecule has 0 spiro atoms. The lowest BCUT2D eigenvalue weighted by Gasteiger charge is -2.52. The molecule has 2 aliphatic rings. The summed E-state index contributed by atoms with van der Waals surface area (Å²) in [5.41, 5.74) is 1.89. The van der Waals surface area contributed by atoms with Crippen LogP contribution in [0.1, 0.15) is 112 Å². The molecule has 1 heterocycles. The number of methoxy groups -OCH3 is 2. The maximum Gasteiger partial charge on any atom is 0.329 e. The summed E-state index contributed by atoms with van der Waals surface area (Å²) in [6.07, 6.45) is 5.30. The van der Waals surface area contributed by atoms with Gasteiger partial charge in [-0.25, -0.2) is 9.48 Å². The third-order valence-corrected chi connectivity index (χ3v) is 11.9. The van der Waals surface area contributed by atoms with E-state index in [4.69, 9.17) is 14.6 Å². The number of carbonyl (C=O) groups excluding carboxylic acids is 2. The predicted octanol–water partition coefficient (Wildman–Crippen LogP) is 7.35. The summed E-state index contributed by atoms with van der Waals surface area (Å²) in [5.74, 6) is -0.183. The number of hydrogen-bond acceptors (Lipinski definition) is 8. The first-order chi connectivity index (χ1) is 27.2. The van der Waals surface area contributed by atoms with Crippen molar-refractivity contribution in [3.05, 3.63) is 59.3 Å². The van der Waals surface area contributed by atoms with Crippen LogP contribution in [-0.4, -0.2) is 110 Å². The molecule has 2 fully saturated rings. The Morgan fingerprint density at radius 3 is 2.23 bits per heavy atom. The number of aromatic nitrogens is 2. The Morgan fingerprint density at radius 1 is 0.947 bits per heavy atom. The SMILES string of the molecule is CC.CNCCCN(C)CCCN(C)C(=O)c1ccc(-n2nc(C(=O)NC3(C(=O)O)C(C)CC4CC(C)CC3C4)cc2-c2c(OC)cccc2OC)c(C(C)C)c1. The van der Waals surface area contributed by atoms with Gasteiger partial charge in [0.1, 0.15) is 17.0 Å². The molecule has 5 atom stereocenters. The zero-order valence-corrected chi connectivity index (χ0v) is 36.3. The summed E-state index contributed by atoms with van der Waals surface area (Å²) in [6.45, 7) is 15.7. The summed E-state index contributed by atoms with van der Waals surface area (Å²) in [5, 5.41) is 22.0. The highest BCUT2D eigenvalue weighted by Gasteiger charge is 2.56. The van der Waals surface area contributed by atoms with Crippen molar-refractivity contribution in [3.8, 4) is 28.4 Å². The normalized spacial score (nSPS) is 21.4. The number of aliphatic carboxylic acids is 1. The number of ether oxygens (including phenoxy) is 2. The molecule has 2 saturated carbocycles. The molecule has 314 valence electrons. The Balaban J connectivity index is 0.00000354. The van der Waals surface area contributed by atoms with Gasteiger partial charge in [0.2, 0.25) is 0 Å². The van der Waals surface area contributed by atoms with Crippen LogP contribution in [0.3, 0.4) is 0 Å². The van der Waals surface area contributed by atoms with Gasteiger partial charge in [0.25, 0.3) is 11.8 Å². The van der Waals surface area contributed by atoms with Gasteiger partial charge < -0.3 is 35.0 Å². The fraction of sp³-hybridized carbons (Fsp3) is 0.600. The van der Waals surface area contributed by atoms with E-state index in [1.807, 2.05) is 65.2 Å². The van der Waals surface area contributed by atoms with Crippen molar-refractivity contribution in [2.45, 2.75) is 91.5 Å². The minimum absolute atomic E-state index is 0.0205. The van der Waals surface area contributed by atoms with Gasteiger partial charge >= 0.3 is 5.97 Å². The Bertz CT molecular complexity index is 1800. The third kappa shape index (κ3) is 10.0. The standard InChI is InChI=1S/C43H62N6O6.C2H6/c1-27(2)33-25-31(41(51)48(7)20-12-19-47(6)18-11-17-44-5)15-16-35(33)49-36(39-37(54-8)13-10-14-38(39)55-9)26-34(46-49)40(50)45-43(42(52)53)29(4)23-30-21-28(3)22-32(43)24-30;1-2/h10,13-16,25-30,32,44H,11-12,17-24H2,1-9H3,(H,45,50)(H,52,53);1-2H3. The number of amides is 2. The summed E-state index contributed by atoms with van der Waals surface area (Å²) >= 11 is 0. The van der Waals surface area contributed by atoms with Gasteiger partial charge in [0.15, 0.2) is 5.69 Å². The minimum atomic E-state index is -1.41. The van der Waals surface area contributed by atoms with Crippen molar-refractivity contribution >= 4 is 17.8 Å². The molecule has 2 aliphatic carbocycles. The monoisotopic (exact) mass is 789 g/mol. The third-order valence-electron chi connectivity index (χ3n) is 11.9. The van der Waals surface area contributed by atoms with Crippen LogP contribution in [-0.2, 0) is 4.79 Å². The molecule has 3 aromatic rings. The zero-order chi connectivity index (χ0) is 42.0. The zero-order valence-electron chi connectivity index (χ0n) is 36.3. The smallest absolute Gasteiger partial charge is 0.329 e. The maximum atomic E-state index is 14.4. The Morgan fingerprint density at radius 2 is 1.61 bits per heavy atom. The number of nitrogens with one attached hydrogen (secondary N) is 2. The maximum absolute atomic E-state index is 14.4. The van der Waals surface area contributed by atoms with Crippen molar-refractivity contribution in [2.24, 2.45) is 23.7 Å². The Hall–Kier alpha value is -4.42. The second kappa shape index (κ2) is 20.3. The molecule has 5 rings (SSSR count). The molecule has 2 aromatic carbocycles. The van der Waals surface area contributed by atoms with Crippen LogP contribution < -0.4 is 20.1 Å². The number of fused-ring (bicyclic) bond motifs is 2. The predicted molar refractivity (Wildman–Crippen MR) is 227 cm³/mol. The number of hydrogen-bond donors (Lipinski definition) is 3. The molecule has 3 N–H and O–H groups in total. The highest BCUT2D eigenvalue weighted by molar-refractivity contribution is 5.98. The van der Waals surface area contributed by atoms with Crippen molar-refractivity contribution in [1.82, 2.24) is 30.2 Å². The molecule has 2 amide bonds. The van der Waals surface area contributed by atoms with Crippen LogP contribution >= 0.6 is 0 Å². The van der Waals surface area contributed by atoms with Gasteiger partial charge in [-0.15, -0.1) is 0 Å². The van der Waals surface area contributed by atoms with Crippen LogP contribution in [0.25, 0.3) is 16.9 Å². The van der Waals surface area contributed by atoms with E-state index in [2.05, 4.69) is 43.4 Å². The number of rotatable bonds is 17. The number of benzene rings is 2. The van der Waals surface area contributed by atoms with E-state index in [-0.39, 0.29) is 29.4 Å². The van der Waals surface area contributed by atoms with Gasteiger partial charge in [0.05, 0.1) is 31.2 Å². The van der Waals surface area contributed by atoms with E-state index in [9.17, 15) is 19.5 Å². The van der Waals surface area contributed by atoms with Crippen molar-refractivity contribution < 1.29 is 29.0 Å². The number of carbonyl (C=O) groups is 3. The topological polar surface area (TPSA) is 138 Å². The number of carboxylic acids is 1. The summed E-state index contributed by atoms with van der Waals surface area (Å²) in [4.78, 5) is 45.4. The second-order valence-corrected chi connectivity index (χ2v) is 16.3. The summed E-state index contributed by atoms with van der Waals surface area (Å²) in [6, 6.07) is 12.7. The molecular formula is C45H68N6O6. The van der Waals surface area contributed by atoms with Gasteiger partial charge in [0, 0.05) is 19.2 Å². The first-order valence-corrected chi connectivity index (χ1v) is 20.9. The van der Waals surface area contributed by atoms with E-state index >= 15 is 0 Å². The lowest BCUT2D eigenvalue weighted by Crippen LogP contribution is -2.66. The molecule has 57 heavy (non-hydrogen) atoms. The van der Waals surface area contributed by atoms with E-state index in [1.54, 1.807) is 35.9 Å². The highest BCUT2D eigenvalue weighted by atomic mass is 16.5. The average Bonchev–Trinajstić information content (AvgIpc) is 3.64. The van der Waals surface area contributed by atoms with Crippen LogP contribution in [0.4, 0.5) is 0 Å². The van der Waals surface area contributed by atoms with Gasteiger partial charge in [-0.2, -0.15) is 5.10 Å². The van der Waals surface area contributed by atoms with Crippen molar-refractivity contribution in [1.29, 1.82) is 0 Å². The van der Waals surface area contributed by atoms with Crippen LogP contribution in [0.2, 0.25) is 0 Å². The lowest BCUT2D eigenvalue weighted by atomic mass is 9.56. The van der Waals surface area contributed by atoms with E-state index in [1.165, 1.54) is 0 Å². The first kappa shape index (κ1) is 45.3. The molecule has 2 bridgehead atoms. The van der Waals surface area contributed by atoms with E-state index < -0.39 is 17.4 Å². The lowest BCUT2D eigenvalue weighted by molar-refractivity contribution is -0.155. The summed E-state index contributed by atoms with van der Waals surface area (Å²) in [7, 11) is 9.05. The molecule has 5 unspecified atom stereocenters. The largest absolute Gasteiger partial charge is 0.496 e. The second-order valence-electron chi connectivity index (χ2n) is 16.3. The average molecular weight is 789 g/mol. The van der Waals surface area contributed by atoms with Crippen molar-refractivity contribution in [3.63, 3.8) is 0 Å². The Labute approximate surface area is 340 Å². The molecular weight excluding hydrogens is 721 g/mol. The number of carboxylic acid groups (broad SMARTS) is 1. The van der Waals surface area contributed by atoms with Crippen LogP contribution in [0.5, 0.6) is 11.5 Å².